The summed E-state index contributed by atoms with van der Waals surface area (Å²) in [7, 11) is 0. The lowest BCUT2D eigenvalue weighted by Gasteiger charge is -2.11. The Morgan fingerprint density at radius 2 is 1.82 bits per heavy atom. The smallest absolute Gasteiger partial charge is 0.352 e. The van der Waals surface area contributed by atoms with Crippen LogP contribution in [0.2, 0.25) is 10.0 Å². The highest BCUT2D eigenvalue weighted by molar-refractivity contribution is 6.31. The number of nitrogens with one attached hydrogen (secondary N) is 1. The number of hydrogen-bond acceptors (Lipinski definition) is 2. The largest absolute Gasteiger partial charge is 0.477 e. The topological polar surface area (TPSA) is 54.3 Å². The molecule has 0 spiro atoms. The van der Waals surface area contributed by atoms with Gasteiger partial charge in [-0.2, -0.15) is 0 Å². The first kappa shape index (κ1) is 23.3. The van der Waals surface area contributed by atoms with Gasteiger partial charge in [0.05, 0.1) is 0 Å². The van der Waals surface area contributed by atoms with E-state index in [9.17, 15) is 14.3 Å². The van der Waals surface area contributed by atoms with Gasteiger partial charge < -0.3 is 15.0 Å². The molecule has 0 saturated heterocycles. The molecule has 0 fully saturated rings. The molecule has 0 atom stereocenters. The number of hydrogen-bond donors (Lipinski definition) is 2. The molecule has 0 saturated carbocycles. The van der Waals surface area contributed by atoms with Crippen molar-refractivity contribution in [2.75, 3.05) is 6.54 Å². The summed E-state index contributed by atoms with van der Waals surface area (Å²) in [5.74, 6) is -1.45. The second kappa shape index (κ2) is 9.96. The van der Waals surface area contributed by atoms with E-state index in [1.54, 1.807) is 10.6 Å². The van der Waals surface area contributed by atoms with Crippen molar-refractivity contribution in [2.24, 2.45) is 0 Å². The van der Waals surface area contributed by atoms with E-state index in [-0.39, 0.29) is 17.3 Å². The van der Waals surface area contributed by atoms with Gasteiger partial charge >= 0.3 is 5.97 Å². The molecule has 0 bridgehead atoms. The summed E-state index contributed by atoms with van der Waals surface area (Å²) in [4.78, 5) is 12.4. The van der Waals surface area contributed by atoms with Crippen LogP contribution in [0.25, 0.3) is 10.9 Å². The van der Waals surface area contributed by atoms with Crippen LogP contribution in [0.1, 0.15) is 32.7 Å². The Hall–Kier alpha value is -2.86. The Bertz CT molecular complexity index is 1320. The minimum Gasteiger partial charge on any atom is -0.477 e. The summed E-state index contributed by atoms with van der Waals surface area (Å²) in [6.07, 6.45) is 0.794. The minimum atomic E-state index is -1.02. The van der Waals surface area contributed by atoms with Crippen molar-refractivity contribution < 1.29 is 14.3 Å². The van der Waals surface area contributed by atoms with Crippen LogP contribution in [0.4, 0.5) is 4.39 Å². The fraction of sp³-hybridized carbons (Fsp3) is 0.192. The van der Waals surface area contributed by atoms with E-state index in [4.69, 9.17) is 23.2 Å². The molecule has 0 aliphatic rings. The minimum absolute atomic E-state index is 0.204. The Labute approximate surface area is 201 Å². The zero-order valence-electron chi connectivity index (χ0n) is 18.0. The Balaban J connectivity index is 1.66. The predicted molar refractivity (Wildman–Crippen MR) is 131 cm³/mol. The number of benzene rings is 3. The summed E-state index contributed by atoms with van der Waals surface area (Å²) in [5, 5.41) is 15.3. The molecule has 3 aromatic carbocycles. The molecule has 1 aromatic heterocycles. The van der Waals surface area contributed by atoms with Crippen molar-refractivity contribution in [1.29, 1.82) is 0 Å². The lowest BCUT2D eigenvalue weighted by atomic mass is 10.1. The van der Waals surface area contributed by atoms with E-state index >= 15 is 0 Å². The van der Waals surface area contributed by atoms with Crippen molar-refractivity contribution in [1.82, 2.24) is 9.88 Å². The maximum absolute atomic E-state index is 13.5. The monoisotopic (exact) mass is 484 g/mol. The molecule has 0 radical (unpaired) electrons. The highest BCUT2D eigenvalue weighted by Gasteiger charge is 2.23. The molecule has 4 nitrogen and oxygen atoms in total. The maximum Gasteiger partial charge on any atom is 0.352 e. The third-order valence-electron chi connectivity index (χ3n) is 5.68. The Morgan fingerprint density at radius 1 is 1.06 bits per heavy atom. The molecule has 2 N–H and O–H groups in total. The molecule has 1 heterocycles. The summed E-state index contributed by atoms with van der Waals surface area (Å²) in [5.41, 5.74) is 4.55. The van der Waals surface area contributed by atoms with Gasteiger partial charge in [0.1, 0.15) is 11.5 Å². The van der Waals surface area contributed by atoms with Crippen LogP contribution in [-0.2, 0) is 19.5 Å². The van der Waals surface area contributed by atoms with Gasteiger partial charge in [-0.1, -0.05) is 53.5 Å². The van der Waals surface area contributed by atoms with Gasteiger partial charge in [-0.3, -0.25) is 0 Å². The second-order valence-corrected chi connectivity index (χ2v) is 8.87. The summed E-state index contributed by atoms with van der Waals surface area (Å²) in [6, 6.07) is 17.7. The first-order valence-corrected chi connectivity index (χ1v) is 11.3. The van der Waals surface area contributed by atoms with E-state index in [2.05, 4.69) is 5.32 Å². The highest BCUT2D eigenvalue weighted by atomic mass is 35.5. The lowest BCUT2D eigenvalue weighted by Crippen LogP contribution is -2.19. The molecular formula is C26H23Cl2FN2O2. The number of carbonyl (C=O) groups is 1. The van der Waals surface area contributed by atoms with Crippen molar-refractivity contribution in [3.05, 3.63) is 104 Å². The second-order valence-electron chi connectivity index (χ2n) is 8.03. The molecule has 0 aliphatic heterocycles. The summed E-state index contributed by atoms with van der Waals surface area (Å²) in [6.45, 7) is 3.28. The number of aryl methyl sites for hydroxylation is 1. The van der Waals surface area contributed by atoms with E-state index in [1.165, 1.54) is 12.1 Å². The first-order chi connectivity index (χ1) is 15.8. The first-order valence-electron chi connectivity index (χ1n) is 10.6. The van der Waals surface area contributed by atoms with Crippen molar-refractivity contribution in [2.45, 2.75) is 26.4 Å². The molecule has 4 aromatic rings. The molecule has 33 heavy (non-hydrogen) atoms. The van der Waals surface area contributed by atoms with Crippen molar-refractivity contribution >= 4 is 40.1 Å². The van der Waals surface area contributed by atoms with Gasteiger partial charge in [0.25, 0.3) is 0 Å². The molecule has 4 rings (SSSR count). The number of halogens is 3. The van der Waals surface area contributed by atoms with Gasteiger partial charge in [0.15, 0.2) is 0 Å². The summed E-state index contributed by atoms with van der Waals surface area (Å²) < 4.78 is 15.3. The SMILES string of the molecule is Cc1ccc2c(CNCCc3ccc(Cl)cc3)c(C(=O)O)n(Cc3ccc(F)cc3Cl)c2c1. The zero-order chi connectivity index (χ0) is 23.5. The Morgan fingerprint density at radius 3 is 2.52 bits per heavy atom. The van der Waals surface area contributed by atoms with E-state index in [0.717, 1.165) is 28.5 Å². The average Bonchev–Trinajstić information content (AvgIpc) is 3.07. The van der Waals surface area contributed by atoms with Crippen LogP contribution >= 0.6 is 23.2 Å². The average molecular weight is 485 g/mol. The predicted octanol–water partition coefficient (Wildman–Crippen LogP) is 6.47. The van der Waals surface area contributed by atoms with Crippen molar-refractivity contribution in [3.8, 4) is 0 Å². The van der Waals surface area contributed by atoms with Crippen LogP contribution < -0.4 is 5.32 Å². The standard InChI is InChI=1S/C26H23Cl2FN2O2/c1-16-2-9-21-22(14-30-11-10-17-3-6-19(27)7-4-17)25(26(32)33)31(24(21)12-16)15-18-5-8-20(29)13-23(18)28/h2-9,12-13,30H,10-11,14-15H2,1H3,(H,32,33). The van der Waals surface area contributed by atoms with Crippen LogP contribution in [0.3, 0.4) is 0 Å². The van der Waals surface area contributed by atoms with Gasteiger partial charge in [-0.15, -0.1) is 0 Å². The van der Waals surface area contributed by atoms with Gasteiger partial charge in [-0.05, 0) is 66.9 Å². The van der Waals surface area contributed by atoms with Crippen LogP contribution in [0.5, 0.6) is 0 Å². The van der Waals surface area contributed by atoms with Crippen LogP contribution in [0.15, 0.2) is 60.7 Å². The lowest BCUT2D eigenvalue weighted by molar-refractivity contribution is 0.0684. The quantitative estimate of drug-likeness (QED) is 0.281. The molecule has 170 valence electrons. The number of fused-ring (bicyclic) bond motifs is 1. The van der Waals surface area contributed by atoms with E-state index < -0.39 is 11.8 Å². The number of carboxylic acid groups (broad SMARTS) is 1. The molecule has 7 heteroatoms. The number of aromatic nitrogens is 1. The van der Waals surface area contributed by atoms with Crippen LogP contribution in [-0.4, -0.2) is 22.2 Å². The molecular weight excluding hydrogens is 462 g/mol. The van der Waals surface area contributed by atoms with Crippen LogP contribution in [0, 0.1) is 12.7 Å². The van der Waals surface area contributed by atoms with Gasteiger partial charge in [0, 0.05) is 39.6 Å². The number of carboxylic acids is 1. The fourth-order valence-electron chi connectivity index (χ4n) is 4.04. The van der Waals surface area contributed by atoms with Crippen molar-refractivity contribution in [3.63, 3.8) is 0 Å². The normalized spacial score (nSPS) is 11.3. The molecule has 0 amide bonds. The number of nitrogens with zero attached hydrogens (tertiary/aromatic N) is 1. The third kappa shape index (κ3) is 5.22. The maximum atomic E-state index is 13.5. The zero-order valence-corrected chi connectivity index (χ0v) is 19.6. The summed E-state index contributed by atoms with van der Waals surface area (Å²) >= 11 is 12.2. The molecule has 0 aliphatic carbocycles. The third-order valence-corrected chi connectivity index (χ3v) is 6.28. The number of rotatable bonds is 8. The van der Waals surface area contributed by atoms with E-state index in [0.29, 0.717) is 29.2 Å². The van der Waals surface area contributed by atoms with Gasteiger partial charge in [0.2, 0.25) is 0 Å². The highest BCUT2D eigenvalue weighted by Crippen LogP contribution is 2.30. The fourth-order valence-corrected chi connectivity index (χ4v) is 4.39. The molecule has 0 unspecified atom stereocenters. The Kier molecular flexibility index (Phi) is 7.03. The van der Waals surface area contributed by atoms with Gasteiger partial charge in [-0.25, -0.2) is 9.18 Å². The number of aromatic carboxylic acids is 1. The van der Waals surface area contributed by atoms with E-state index in [1.807, 2.05) is 49.4 Å².